The molecule has 0 radical (unpaired) electrons. The van der Waals surface area contributed by atoms with Gasteiger partial charge in [-0.25, -0.2) is 4.39 Å². The summed E-state index contributed by atoms with van der Waals surface area (Å²) in [6, 6.07) is 13.1. The normalized spacial score (nSPS) is 11.8. The van der Waals surface area contributed by atoms with Gasteiger partial charge in [-0.15, -0.1) is 0 Å². The molecule has 2 aromatic carbocycles. The summed E-state index contributed by atoms with van der Waals surface area (Å²) in [5.41, 5.74) is 1.31. The lowest BCUT2D eigenvalue weighted by molar-refractivity contribution is 0.0935. The molecule has 4 heteroatoms. The second-order valence-corrected chi connectivity index (χ2v) is 4.72. The standard InChI is InChI=1S/C17H18FNO2/c1-3-16(12-7-9-15(21-2)10-8-12)19-17(20)13-5-4-6-14(18)11-13/h4-11,16H,3H2,1-2H3,(H,19,20). The third-order valence-electron chi connectivity index (χ3n) is 3.32. The van der Waals surface area contributed by atoms with Crippen molar-refractivity contribution in [2.45, 2.75) is 19.4 Å². The Labute approximate surface area is 123 Å². The summed E-state index contributed by atoms with van der Waals surface area (Å²) in [6.45, 7) is 1.99. The Kier molecular flexibility index (Phi) is 4.93. The molecule has 0 bridgehead atoms. The van der Waals surface area contributed by atoms with Crippen LogP contribution in [0.3, 0.4) is 0 Å². The highest BCUT2D eigenvalue weighted by atomic mass is 19.1. The van der Waals surface area contributed by atoms with Gasteiger partial charge in [-0.2, -0.15) is 0 Å². The molecule has 2 rings (SSSR count). The third-order valence-corrected chi connectivity index (χ3v) is 3.32. The first kappa shape index (κ1) is 15.0. The molecule has 0 saturated carbocycles. The lowest BCUT2D eigenvalue weighted by Gasteiger charge is -2.18. The summed E-state index contributed by atoms with van der Waals surface area (Å²) >= 11 is 0. The van der Waals surface area contributed by atoms with Crippen LogP contribution in [0.2, 0.25) is 0 Å². The Hall–Kier alpha value is -2.36. The van der Waals surface area contributed by atoms with Crippen LogP contribution < -0.4 is 10.1 Å². The van der Waals surface area contributed by atoms with E-state index in [4.69, 9.17) is 4.74 Å². The molecule has 1 N–H and O–H groups in total. The Balaban J connectivity index is 2.12. The molecule has 110 valence electrons. The van der Waals surface area contributed by atoms with Crippen LogP contribution >= 0.6 is 0 Å². The van der Waals surface area contributed by atoms with Gasteiger partial charge < -0.3 is 10.1 Å². The van der Waals surface area contributed by atoms with Crippen molar-refractivity contribution in [1.82, 2.24) is 5.32 Å². The van der Waals surface area contributed by atoms with Crippen molar-refractivity contribution in [1.29, 1.82) is 0 Å². The lowest BCUT2D eigenvalue weighted by Crippen LogP contribution is -2.28. The maximum Gasteiger partial charge on any atom is 0.251 e. The number of rotatable bonds is 5. The summed E-state index contributed by atoms with van der Waals surface area (Å²) in [4.78, 5) is 12.2. The summed E-state index contributed by atoms with van der Waals surface area (Å²) < 4.78 is 18.3. The highest BCUT2D eigenvalue weighted by Gasteiger charge is 2.14. The number of nitrogens with one attached hydrogen (secondary N) is 1. The number of halogens is 1. The molecule has 1 atom stereocenters. The van der Waals surface area contributed by atoms with Gasteiger partial charge in [0.15, 0.2) is 0 Å². The average molecular weight is 287 g/mol. The van der Waals surface area contributed by atoms with Crippen molar-refractivity contribution in [3.8, 4) is 5.75 Å². The summed E-state index contributed by atoms with van der Waals surface area (Å²) in [6.07, 6.45) is 0.743. The third kappa shape index (κ3) is 3.81. The minimum absolute atomic E-state index is 0.119. The first-order valence-electron chi connectivity index (χ1n) is 6.84. The van der Waals surface area contributed by atoms with Crippen molar-refractivity contribution in [2.75, 3.05) is 7.11 Å². The van der Waals surface area contributed by atoms with Crippen LogP contribution in [0.25, 0.3) is 0 Å². The van der Waals surface area contributed by atoms with Crippen molar-refractivity contribution in [3.63, 3.8) is 0 Å². The van der Waals surface area contributed by atoms with Gasteiger partial charge in [0.05, 0.1) is 13.2 Å². The van der Waals surface area contributed by atoms with E-state index in [1.54, 1.807) is 13.2 Å². The van der Waals surface area contributed by atoms with E-state index < -0.39 is 5.82 Å². The lowest BCUT2D eigenvalue weighted by atomic mass is 10.0. The molecule has 0 fully saturated rings. The number of hydrogen-bond donors (Lipinski definition) is 1. The van der Waals surface area contributed by atoms with Gasteiger partial charge in [0.25, 0.3) is 5.91 Å². The number of methoxy groups -OCH3 is 1. The maximum atomic E-state index is 13.2. The van der Waals surface area contributed by atoms with Gasteiger partial charge >= 0.3 is 0 Å². The fraction of sp³-hybridized carbons (Fsp3) is 0.235. The topological polar surface area (TPSA) is 38.3 Å². The van der Waals surface area contributed by atoms with E-state index in [1.807, 2.05) is 31.2 Å². The average Bonchev–Trinajstić information content (AvgIpc) is 2.52. The number of carbonyl (C=O) groups is 1. The fourth-order valence-corrected chi connectivity index (χ4v) is 2.13. The molecular weight excluding hydrogens is 269 g/mol. The van der Waals surface area contributed by atoms with Gasteiger partial charge in [-0.3, -0.25) is 4.79 Å². The summed E-state index contributed by atoms with van der Waals surface area (Å²) in [7, 11) is 1.61. The van der Waals surface area contributed by atoms with Crippen LogP contribution in [0.5, 0.6) is 5.75 Å². The van der Waals surface area contributed by atoms with Crippen molar-refractivity contribution < 1.29 is 13.9 Å². The van der Waals surface area contributed by atoms with E-state index in [1.165, 1.54) is 18.2 Å². The van der Waals surface area contributed by atoms with Gasteiger partial charge in [0.2, 0.25) is 0 Å². The maximum absolute atomic E-state index is 13.2. The van der Waals surface area contributed by atoms with E-state index in [-0.39, 0.29) is 11.9 Å². The van der Waals surface area contributed by atoms with Crippen molar-refractivity contribution in [3.05, 3.63) is 65.5 Å². The Bertz CT molecular complexity index is 610. The summed E-state index contributed by atoms with van der Waals surface area (Å²) in [5, 5.41) is 2.92. The van der Waals surface area contributed by atoms with E-state index >= 15 is 0 Å². The monoisotopic (exact) mass is 287 g/mol. The minimum atomic E-state index is -0.417. The molecule has 0 aliphatic heterocycles. The van der Waals surface area contributed by atoms with Crippen LogP contribution in [0.4, 0.5) is 4.39 Å². The molecule has 3 nitrogen and oxygen atoms in total. The molecule has 21 heavy (non-hydrogen) atoms. The highest BCUT2D eigenvalue weighted by Crippen LogP contribution is 2.20. The highest BCUT2D eigenvalue weighted by molar-refractivity contribution is 5.94. The van der Waals surface area contributed by atoms with Gasteiger partial charge in [-0.1, -0.05) is 25.1 Å². The fourth-order valence-electron chi connectivity index (χ4n) is 2.13. The molecule has 0 aliphatic rings. The predicted octanol–water partition coefficient (Wildman–Crippen LogP) is 3.72. The zero-order valence-corrected chi connectivity index (χ0v) is 12.1. The molecule has 0 heterocycles. The zero-order valence-electron chi connectivity index (χ0n) is 12.1. The number of hydrogen-bond acceptors (Lipinski definition) is 2. The van der Waals surface area contributed by atoms with Gasteiger partial charge in [-0.05, 0) is 42.3 Å². The largest absolute Gasteiger partial charge is 0.497 e. The first-order chi connectivity index (χ1) is 10.1. The molecule has 0 saturated heterocycles. The number of benzene rings is 2. The quantitative estimate of drug-likeness (QED) is 0.910. The second-order valence-electron chi connectivity index (χ2n) is 4.72. The van der Waals surface area contributed by atoms with Crippen molar-refractivity contribution in [2.24, 2.45) is 0 Å². The SMILES string of the molecule is CCC(NC(=O)c1cccc(F)c1)c1ccc(OC)cc1. The van der Waals surface area contributed by atoms with E-state index in [0.29, 0.717) is 5.56 Å². The smallest absolute Gasteiger partial charge is 0.251 e. The molecule has 2 aromatic rings. The predicted molar refractivity (Wildman–Crippen MR) is 79.9 cm³/mol. The van der Waals surface area contributed by atoms with Crippen LogP contribution in [0, 0.1) is 5.82 Å². The molecule has 0 aliphatic carbocycles. The zero-order chi connectivity index (χ0) is 15.2. The minimum Gasteiger partial charge on any atom is -0.497 e. The number of amides is 1. The van der Waals surface area contributed by atoms with Crippen molar-refractivity contribution >= 4 is 5.91 Å². The molecule has 0 spiro atoms. The van der Waals surface area contributed by atoms with Crippen LogP contribution in [0.1, 0.15) is 35.3 Å². The number of ether oxygens (including phenoxy) is 1. The molecule has 1 unspecified atom stereocenters. The second kappa shape index (κ2) is 6.88. The van der Waals surface area contributed by atoms with Crippen LogP contribution in [-0.4, -0.2) is 13.0 Å². The van der Waals surface area contributed by atoms with E-state index in [0.717, 1.165) is 17.7 Å². The number of carbonyl (C=O) groups excluding carboxylic acids is 1. The molecular formula is C17H18FNO2. The summed E-state index contributed by atoms with van der Waals surface area (Å²) in [5.74, 6) is 0.0716. The van der Waals surface area contributed by atoms with E-state index in [2.05, 4.69) is 5.32 Å². The van der Waals surface area contributed by atoms with Gasteiger partial charge in [0, 0.05) is 5.56 Å². The Morgan fingerprint density at radius 3 is 2.52 bits per heavy atom. The molecule has 1 amide bonds. The van der Waals surface area contributed by atoms with Crippen LogP contribution in [0.15, 0.2) is 48.5 Å². The van der Waals surface area contributed by atoms with Crippen LogP contribution in [-0.2, 0) is 0 Å². The Morgan fingerprint density at radius 2 is 1.95 bits per heavy atom. The first-order valence-corrected chi connectivity index (χ1v) is 6.84. The molecule has 0 aromatic heterocycles. The Morgan fingerprint density at radius 1 is 1.24 bits per heavy atom. The van der Waals surface area contributed by atoms with Gasteiger partial charge in [0.1, 0.15) is 11.6 Å². The van der Waals surface area contributed by atoms with E-state index in [9.17, 15) is 9.18 Å².